The zero-order chi connectivity index (χ0) is 11.3. The molecule has 0 unspecified atom stereocenters. The van der Waals surface area contributed by atoms with Crippen LogP contribution in [0.5, 0.6) is 0 Å². The molecule has 1 rings (SSSR count). The van der Waals surface area contributed by atoms with Crippen LogP contribution >= 0.6 is 35.6 Å². The molecule has 0 amide bonds. The molecule has 0 spiro atoms. The molecule has 2 nitrogen and oxygen atoms in total. The molecule has 92 valence electrons. The van der Waals surface area contributed by atoms with Crippen LogP contribution in [0, 0.1) is 0 Å². The highest BCUT2D eigenvalue weighted by Crippen LogP contribution is 2.27. The number of hydrogen-bond acceptors (Lipinski definition) is 2. The van der Waals surface area contributed by atoms with Crippen molar-refractivity contribution in [3.8, 4) is 0 Å². The third-order valence-electron chi connectivity index (χ3n) is 2.33. The zero-order valence-corrected chi connectivity index (χ0v) is 11.3. The van der Waals surface area contributed by atoms with Gasteiger partial charge in [-0.3, -0.25) is 0 Å². The van der Waals surface area contributed by atoms with Crippen molar-refractivity contribution in [3.05, 3.63) is 33.8 Å². The Labute approximate surface area is 113 Å². The van der Waals surface area contributed by atoms with E-state index in [1.807, 2.05) is 12.1 Å². The van der Waals surface area contributed by atoms with Gasteiger partial charge in [-0.05, 0) is 37.1 Å². The first-order valence-electron chi connectivity index (χ1n) is 5.05. The third-order valence-corrected chi connectivity index (χ3v) is 2.89. The van der Waals surface area contributed by atoms with Gasteiger partial charge in [0.25, 0.3) is 0 Å². The molecule has 0 radical (unpaired) electrons. The van der Waals surface area contributed by atoms with Gasteiger partial charge < -0.3 is 11.5 Å². The van der Waals surface area contributed by atoms with E-state index in [0.717, 1.165) is 24.8 Å². The normalized spacial score (nSPS) is 12.0. The lowest BCUT2D eigenvalue weighted by atomic mass is 10.0. The van der Waals surface area contributed by atoms with Crippen LogP contribution in [0.3, 0.4) is 0 Å². The van der Waals surface area contributed by atoms with Crippen molar-refractivity contribution in [3.63, 3.8) is 0 Å². The monoisotopic (exact) mass is 282 g/mol. The molecule has 16 heavy (non-hydrogen) atoms. The molecular formula is C11H17Cl3N2. The number of hydrogen-bond donors (Lipinski definition) is 2. The molecule has 1 aromatic carbocycles. The van der Waals surface area contributed by atoms with Crippen LogP contribution in [-0.4, -0.2) is 6.54 Å². The number of unbranched alkanes of at least 4 members (excludes halogenated alkanes) is 1. The van der Waals surface area contributed by atoms with Crippen LogP contribution in [0.2, 0.25) is 10.0 Å². The second kappa shape index (κ2) is 8.15. The predicted molar refractivity (Wildman–Crippen MR) is 73.5 cm³/mol. The van der Waals surface area contributed by atoms with Crippen molar-refractivity contribution in [1.29, 1.82) is 0 Å². The van der Waals surface area contributed by atoms with Crippen molar-refractivity contribution < 1.29 is 0 Å². The molecule has 0 aliphatic rings. The van der Waals surface area contributed by atoms with Crippen molar-refractivity contribution in [1.82, 2.24) is 0 Å². The van der Waals surface area contributed by atoms with Crippen LogP contribution in [0.25, 0.3) is 0 Å². The Morgan fingerprint density at radius 3 is 2.44 bits per heavy atom. The van der Waals surface area contributed by atoms with Crippen molar-refractivity contribution in [2.75, 3.05) is 6.54 Å². The van der Waals surface area contributed by atoms with Gasteiger partial charge in [0.2, 0.25) is 0 Å². The SMILES string of the molecule is Cl.NCCCC[C@H](N)c1ccc(Cl)cc1Cl. The molecule has 0 aromatic heterocycles. The van der Waals surface area contributed by atoms with Crippen LogP contribution in [0.4, 0.5) is 0 Å². The Bertz CT molecular complexity index is 318. The average molecular weight is 284 g/mol. The molecule has 1 aromatic rings. The lowest BCUT2D eigenvalue weighted by molar-refractivity contribution is 0.591. The molecule has 0 aliphatic heterocycles. The van der Waals surface area contributed by atoms with E-state index in [4.69, 9.17) is 34.7 Å². The van der Waals surface area contributed by atoms with Crippen LogP contribution in [0.15, 0.2) is 18.2 Å². The summed E-state index contributed by atoms with van der Waals surface area (Å²) in [5.41, 5.74) is 12.4. The maximum Gasteiger partial charge on any atom is 0.0468 e. The second-order valence-electron chi connectivity index (χ2n) is 3.56. The topological polar surface area (TPSA) is 52.0 Å². The molecule has 5 heteroatoms. The highest BCUT2D eigenvalue weighted by atomic mass is 35.5. The number of nitrogens with two attached hydrogens (primary N) is 2. The van der Waals surface area contributed by atoms with Gasteiger partial charge in [-0.1, -0.05) is 35.7 Å². The Morgan fingerprint density at radius 1 is 1.19 bits per heavy atom. The molecular weight excluding hydrogens is 266 g/mol. The summed E-state index contributed by atoms with van der Waals surface area (Å²) in [6, 6.07) is 5.39. The van der Waals surface area contributed by atoms with Gasteiger partial charge in [0.05, 0.1) is 0 Å². The minimum Gasteiger partial charge on any atom is -0.330 e. The van der Waals surface area contributed by atoms with E-state index in [-0.39, 0.29) is 18.4 Å². The van der Waals surface area contributed by atoms with Gasteiger partial charge in [0.15, 0.2) is 0 Å². The maximum atomic E-state index is 6.05. The molecule has 0 heterocycles. The van der Waals surface area contributed by atoms with Crippen molar-refractivity contribution in [2.24, 2.45) is 11.5 Å². The first-order valence-corrected chi connectivity index (χ1v) is 5.81. The molecule has 4 N–H and O–H groups in total. The summed E-state index contributed by atoms with van der Waals surface area (Å²) < 4.78 is 0. The Morgan fingerprint density at radius 2 is 1.88 bits per heavy atom. The lowest BCUT2D eigenvalue weighted by Crippen LogP contribution is -2.11. The summed E-state index contributed by atoms with van der Waals surface area (Å²) in [6.07, 6.45) is 2.92. The average Bonchev–Trinajstić information content (AvgIpc) is 2.17. The van der Waals surface area contributed by atoms with Crippen LogP contribution in [-0.2, 0) is 0 Å². The van der Waals surface area contributed by atoms with E-state index in [1.165, 1.54) is 0 Å². The summed E-state index contributed by atoms with van der Waals surface area (Å²) in [7, 11) is 0. The fourth-order valence-corrected chi connectivity index (χ4v) is 2.01. The first-order chi connectivity index (χ1) is 7.15. The van der Waals surface area contributed by atoms with Gasteiger partial charge in [-0.2, -0.15) is 0 Å². The number of benzene rings is 1. The van der Waals surface area contributed by atoms with Gasteiger partial charge in [-0.15, -0.1) is 12.4 Å². The number of halogens is 3. The van der Waals surface area contributed by atoms with E-state index >= 15 is 0 Å². The second-order valence-corrected chi connectivity index (χ2v) is 4.40. The Kier molecular flexibility index (Phi) is 8.16. The summed E-state index contributed by atoms with van der Waals surface area (Å²) in [5.74, 6) is 0. The van der Waals surface area contributed by atoms with Crippen LogP contribution in [0.1, 0.15) is 30.9 Å². The smallest absolute Gasteiger partial charge is 0.0468 e. The molecule has 0 saturated heterocycles. The van der Waals surface area contributed by atoms with E-state index in [0.29, 0.717) is 16.6 Å². The number of rotatable bonds is 5. The fourth-order valence-electron chi connectivity index (χ4n) is 1.47. The summed E-state index contributed by atoms with van der Waals surface area (Å²) >= 11 is 11.9. The van der Waals surface area contributed by atoms with Gasteiger partial charge in [-0.25, -0.2) is 0 Å². The largest absolute Gasteiger partial charge is 0.330 e. The van der Waals surface area contributed by atoms with Gasteiger partial charge in [0.1, 0.15) is 0 Å². The lowest BCUT2D eigenvalue weighted by Gasteiger charge is -2.13. The summed E-state index contributed by atoms with van der Waals surface area (Å²) in [5, 5.41) is 1.28. The van der Waals surface area contributed by atoms with Crippen molar-refractivity contribution >= 4 is 35.6 Å². The third kappa shape index (κ3) is 4.89. The summed E-state index contributed by atoms with van der Waals surface area (Å²) in [4.78, 5) is 0. The summed E-state index contributed by atoms with van der Waals surface area (Å²) in [6.45, 7) is 0.709. The van der Waals surface area contributed by atoms with E-state index in [2.05, 4.69) is 0 Å². The maximum absolute atomic E-state index is 6.05. The van der Waals surface area contributed by atoms with E-state index in [9.17, 15) is 0 Å². The Hall–Kier alpha value is 0.01000. The molecule has 0 fully saturated rings. The highest BCUT2D eigenvalue weighted by Gasteiger charge is 2.09. The Balaban J connectivity index is 0.00000225. The minimum absolute atomic E-state index is 0. The molecule has 0 aliphatic carbocycles. The predicted octanol–water partition coefficient (Wildman–Crippen LogP) is 3.54. The minimum atomic E-state index is -0.0266. The van der Waals surface area contributed by atoms with E-state index in [1.54, 1.807) is 6.07 Å². The van der Waals surface area contributed by atoms with E-state index < -0.39 is 0 Å². The van der Waals surface area contributed by atoms with Gasteiger partial charge >= 0.3 is 0 Å². The highest BCUT2D eigenvalue weighted by molar-refractivity contribution is 6.35. The molecule has 0 saturated carbocycles. The zero-order valence-electron chi connectivity index (χ0n) is 8.96. The van der Waals surface area contributed by atoms with Crippen LogP contribution < -0.4 is 11.5 Å². The quantitative estimate of drug-likeness (QED) is 0.812. The molecule has 0 bridgehead atoms. The molecule has 1 atom stereocenters. The van der Waals surface area contributed by atoms with Crippen molar-refractivity contribution in [2.45, 2.75) is 25.3 Å². The van der Waals surface area contributed by atoms with Gasteiger partial charge in [0, 0.05) is 16.1 Å². The standard InChI is InChI=1S/C11H16Cl2N2.ClH/c12-8-4-5-9(10(13)7-8)11(15)3-1-2-6-14;/h4-5,7,11H,1-3,6,14-15H2;1H/t11-;/m0./s1. The fraction of sp³-hybridized carbons (Fsp3) is 0.455. The first kappa shape index (κ1) is 16.0.